The fraction of sp³-hybridized carbons (Fsp3) is 0.462. The zero-order valence-electron chi connectivity index (χ0n) is 10.5. The van der Waals surface area contributed by atoms with E-state index in [9.17, 15) is 4.79 Å². The zero-order valence-corrected chi connectivity index (χ0v) is 10.5. The second-order valence-electron chi connectivity index (χ2n) is 4.28. The summed E-state index contributed by atoms with van der Waals surface area (Å²) >= 11 is 0. The fourth-order valence-corrected chi connectivity index (χ4v) is 1.77. The lowest BCUT2D eigenvalue weighted by Crippen LogP contribution is -2.25. The molecule has 4 heteroatoms. The Balaban J connectivity index is 2.56. The van der Waals surface area contributed by atoms with Crippen molar-refractivity contribution in [2.75, 3.05) is 25.6 Å². The molecule has 1 atom stereocenters. The second-order valence-corrected chi connectivity index (χ2v) is 4.28. The highest BCUT2D eigenvalue weighted by Gasteiger charge is 2.10. The van der Waals surface area contributed by atoms with E-state index in [1.54, 1.807) is 7.11 Å². The number of methoxy groups -OCH3 is 1. The van der Waals surface area contributed by atoms with Crippen molar-refractivity contribution < 1.29 is 14.6 Å². The standard InChI is InChI=1S/C13H19NO3/c1-10(8-13(15)16)9-14(2)11-4-6-12(17-3)7-5-11/h4-7,10H,8-9H2,1-3H3,(H,15,16). The molecule has 0 aliphatic carbocycles. The van der Waals surface area contributed by atoms with Gasteiger partial charge in [0.05, 0.1) is 7.11 Å². The van der Waals surface area contributed by atoms with Crippen molar-refractivity contribution >= 4 is 11.7 Å². The molecule has 0 amide bonds. The Labute approximate surface area is 102 Å². The highest BCUT2D eigenvalue weighted by Crippen LogP contribution is 2.19. The number of ether oxygens (including phenoxy) is 1. The van der Waals surface area contributed by atoms with E-state index < -0.39 is 5.97 Å². The van der Waals surface area contributed by atoms with Crippen molar-refractivity contribution in [3.8, 4) is 5.75 Å². The van der Waals surface area contributed by atoms with Crippen molar-refractivity contribution in [2.24, 2.45) is 5.92 Å². The summed E-state index contributed by atoms with van der Waals surface area (Å²) in [6.07, 6.45) is 0.195. The van der Waals surface area contributed by atoms with Gasteiger partial charge in [0, 0.05) is 25.7 Å². The van der Waals surface area contributed by atoms with Gasteiger partial charge < -0.3 is 14.7 Å². The van der Waals surface area contributed by atoms with E-state index in [0.717, 1.165) is 18.0 Å². The molecule has 4 nitrogen and oxygen atoms in total. The van der Waals surface area contributed by atoms with Crippen LogP contribution in [-0.4, -0.2) is 31.8 Å². The summed E-state index contributed by atoms with van der Waals surface area (Å²) in [4.78, 5) is 12.6. The van der Waals surface area contributed by atoms with E-state index in [2.05, 4.69) is 0 Å². The van der Waals surface area contributed by atoms with Crippen molar-refractivity contribution in [1.29, 1.82) is 0 Å². The highest BCUT2D eigenvalue weighted by atomic mass is 16.5. The first-order valence-corrected chi connectivity index (χ1v) is 5.60. The van der Waals surface area contributed by atoms with Crippen LogP contribution in [0.25, 0.3) is 0 Å². The van der Waals surface area contributed by atoms with Crippen LogP contribution in [0, 0.1) is 5.92 Å². The first kappa shape index (κ1) is 13.4. The summed E-state index contributed by atoms with van der Waals surface area (Å²) in [6, 6.07) is 7.72. The normalized spacial score (nSPS) is 11.9. The molecule has 1 aromatic carbocycles. The molecule has 1 N–H and O–H groups in total. The number of aliphatic carboxylic acids is 1. The lowest BCUT2D eigenvalue weighted by Gasteiger charge is -2.22. The van der Waals surface area contributed by atoms with Gasteiger partial charge in [0.1, 0.15) is 5.75 Å². The van der Waals surface area contributed by atoms with Crippen LogP contribution >= 0.6 is 0 Å². The molecule has 0 radical (unpaired) electrons. The zero-order chi connectivity index (χ0) is 12.8. The molecule has 1 unspecified atom stereocenters. The minimum atomic E-state index is -0.749. The maximum atomic E-state index is 10.6. The van der Waals surface area contributed by atoms with Crippen molar-refractivity contribution in [1.82, 2.24) is 0 Å². The molecule has 0 heterocycles. The van der Waals surface area contributed by atoms with Crippen LogP contribution in [0.5, 0.6) is 5.75 Å². The number of benzene rings is 1. The maximum absolute atomic E-state index is 10.6. The van der Waals surface area contributed by atoms with Gasteiger partial charge >= 0.3 is 5.97 Å². The summed E-state index contributed by atoms with van der Waals surface area (Å²) in [5.74, 6) is 0.195. The number of carboxylic acid groups (broad SMARTS) is 1. The van der Waals surface area contributed by atoms with Gasteiger partial charge in [-0.2, -0.15) is 0 Å². The third-order valence-corrected chi connectivity index (χ3v) is 2.62. The Kier molecular flexibility index (Phi) is 4.82. The minimum Gasteiger partial charge on any atom is -0.497 e. The van der Waals surface area contributed by atoms with Gasteiger partial charge in [0.15, 0.2) is 0 Å². The third-order valence-electron chi connectivity index (χ3n) is 2.62. The lowest BCUT2D eigenvalue weighted by atomic mass is 10.1. The van der Waals surface area contributed by atoms with E-state index in [0.29, 0.717) is 0 Å². The Bertz CT molecular complexity index is 361. The first-order valence-electron chi connectivity index (χ1n) is 5.60. The van der Waals surface area contributed by atoms with Gasteiger partial charge in [0.2, 0.25) is 0 Å². The largest absolute Gasteiger partial charge is 0.497 e. The molecule has 1 aromatic rings. The molecule has 0 saturated heterocycles. The average Bonchev–Trinajstić information content (AvgIpc) is 2.28. The molecule has 0 aliphatic heterocycles. The van der Waals surface area contributed by atoms with Gasteiger partial charge in [-0.05, 0) is 30.2 Å². The van der Waals surface area contributed by atoms with Gasteiger partial charge in [0.25, 0.3) is 0 Å². The summed E-state index contributed by atoms with van der Waals surface area (Å²) in [6.45, 7) is 2.66. The summed E-state index contributed by atoms with van der Waals surface area (Å²) in [7, 11) is 3.59. The van der Waals surface area contributed by atoms with Crippen molar-refractivity contribution in [2.45, 2.75) is 13.3 Å². The second kappa shape index (κ2) is 6.13. The van der Waals surface area contributed by atoms with E-state index in [-0.39, 0.29) is 12.3 Å². The molecule has 0 spiro atoms. The van der Waals surface area contributed by atoms with Crippen LogP contribution in [0.4, 0.5) is 5.69 Å². The van der Waals surface area contributed by atoms with Crippen LogP contribution < -0.4 is 9.64 Å². The fourth-order valence-electron chi connectivity index (χ4n) is 1.77. The van der Waals surface area contributed by atoms with Gasteiger partial charge in [-0.25, -0.2) is 0 Å². The van der Waals surface area contributed by atoms with E-state index in [1.807, 2.05) is 43.1 Å². The van der Waals surface area contributed by atoms with Gasteiger partial charge in [-0.1, -0.05) is 6.92 Å². The molecular weight excluding hydrogens is 218 g/mol. The number of carboxylic acids is 1. The number of rotatable bonds is 6. The molecule has 1 rings (SSSR count). The number of carbonyl (C=O) groups is 1. The molecule has 0 saturated carbocycles. The Morgan fingerprint density at radius 3 is 2.47 bits per heavy atom. The van der Waals surface area contributed by atoms with Crippen LogP contribution in [0.15, 0.2) is 24.3 Å². The molecule has 0 bridgehead atoms. The lowest BCUT2D eigenvalue weighted by molar-refractivity contribution is -0.137. The van der Waals surface area contributed by atoms with Gasteiger partial charge in [-0.15, -0.1) is 0 Å². The Hall–Kier alpha value is -1.71. The SMILES string of the molecule is COc1ccc(N(C)CC(C)CC(=O)O)cc1. The van der Waals surface area contributed by atoms with Crippen molar-refractivity contribution in [3.63, 3.8) is 0 Å². The van der Waals surface area contributed by atoms with Gasteiger partial charge in [-0.3, -0.25) is 4.79 Å². The molecule has 0 aliphatic rings. The van der Waals surface area contributed by atoms with Crippen LogP contribution in [0.1, 0.15) is 13.3 Å². The summed E-state index contributed by atoms with van der Waals surface area (Å²) in [5, 5.41) is 8.70. The predicted molar refractivity (Wildman–Crippen MR) is 67.7 cm³/mol. The Morgan fingerprint density at radius 2 is 2.00 bits per heavy atom. The molecule has 0 aromatic heterocycles. The number of nitrogens with zero attached hydrogens (tertiary/aromatic N) is 1. The maximum Gasteiger partial charge on any atom is 0.303 e. The first-order chi connectivity index (χ1) is 8.02. The summed E-state index contributed by atoms with van der Waals surface area (Å²) < 4.78 is 5.09. The number of anilines is 1. The predicted octanol–water partition coefficient (Wildman–Crippen LogP) is 2.24. The highest BCUT2D eigenvalue weighted by molar-refractivity contribution is 5.67. The van der Waals surface area contributed by atoms with Crippen LogP contribution in [-0.2, 0) is 4.79 Å². The topological polar surface area (TPSA) is 49.8 Å². The van der Waals surface area contributed by atoms with E-state index >= 15 is 0 Å². The molecular formula is C13H19NO3. The van der Waals surface area contributed by atoms with Crippen molar-refractivity contribution in [3.05, 3.63) is 24.3 Å². The molecule has 94 valence electrons. The van der Waals surface area contributed by atoms with Crippen LogP contribution in [0.3, 0.4) is 0 Å². The molecule has 0 fully saturated rings. The monoisotopic (exact) mass is 237 g/mol. The smallest absolute Gasteiger partial charge is 0.303 e. The quantitative estimate of drug-likeness (QED) is 0.824. The summed E-state index contributed by atoms with van der Waals surface area (Å²) in [5.41, 5.74) is 1.06. The number of hydrogen-bond acceptors (Lipinski definition) is 3. The van der Waals surface area contributed by atoms with Crippen LogP contribution in [0.2, 0.25) is 0 Å². The third kappa shape index (κ3) is 4.34. The number of hydrogen-bond donors (Lipinski definition) is 1. The Morgan fingerprint density at radius 1 is 1.41 bits per heavy atom. The van der Waals surface area contributed by atoms with E-state index in [1.165, 1.54) is 0 Å². The molecule has 17 heavy (non-hydrogen) atoms. The minimum absolute atomic E-state index is 0.125. The van der Waals surface area contributed by atoms with E-state index in [4.69, 9.17) is 9.84 Å². The average molecular weight is 237 g/mol.